The minimum Gasteiger partial charge on any atom is -0.462 e. The van der Waals surface area contributed by atoms with Gasteiger partial charge < -0.3 is 15.4 Å². The van der Waals surface area contributed by atoms with Gasteiger partial charge in [0, 0.05) is 13.1 Å². The van der Waals surface area contributed by atoms with E-state index in [1.165, 1.54) is 19.3 Å². The van der Waals surface area contributed by atoms with Crippen LogP contribution in [0, 0.1) is 5.92 Å². The molecular weight excluding hydrogens is 252 g/mol. The molecule has 110 valence electrons. The van der Waals surface area contributed by atoms with Gasteiger partial charge in [-0.2, -0.15) is 0 Å². The number of benzene rings is 1. The van der Waals surface area contributed by atoms with Gasteiger partial charge in [0.2, 0.25) is 0 Å². The smallest absolute Gasteiger partial charge is 0.338 e. The molecule has 20 heavy (non-hydrogen) atoms. The Morgan fingerprint density at radius 3 is 2.95 bits per heavy atom. The number of carbonyl (C=O) groups is 1. The lowest BCUT2D eigenvalue weighted by atomic mass is 10.0. The predicted octanol–water partition coefficient (Wildman–Crippen LogP) is 3.07. The van der Waals surface area contributed by atoms with Crippen LogP contribution in [0.5, 0.6) is 0 Å². The summed E-state index contributed by atoms with van der Waals surface area (Å²) in [6, 6.07) is 5.40. The molecule has 0 bridgehead atoms. The van der Waals surface area contributed by atoms with Crippen LogP contribution < -0.4 is 10.6 Å². The molecule has 0 saturated carbocycles. The van der Waals surface area contributed by atoms with Crippen molar-refractivity contribution in [2.75, 3.05) is 30.3 Å². The number of hydrogen-bond donors (Lipinski definition) is 1. The summed E-state index contributed by atoms with van der Waals surface area (Å²) in [6.07, 6.45) is 3.68. The highest BCUT2D eigenvalue weighted by atomic mass is 16.5. The summed E-state index contributed by atoms with van der Waals surface area (Å²) in [5.41, 5.74) is 8.35. The van der Waals surface area contributed by atoms with E-state index in [9.17, 15) is 4.79 Å². The van der Waals surface area contributed by atoms with Gasteiger partial charge in [-0.25, -0.2) is 4.79 Å². The zero-order valence-electron chi connectivity index (χ0n) is 12.4. The number of ether oxygens (including phenoxy) is 1. The SMILES string of the molecule is CCCC1CCN(c2cc(C(=O)OCC)ccc2N)C1. The van der Waals surface area contributed by atoms with Crippen molar-refractivity contribution in [3.05, 3.63) is 23.8 Å². The molecule has 0 spiro atoms. The Labute approximate surface area is 120 Å². The van der Waals surface area contributed by atoms with Gasteiger partial charge in [-0.05, 0) is 43.9 Å². The molecule has 0 aliphatic carbocycles. The predicted molar refractivity (Wildman–Crippen MR) is 82.0 cm³/mol. The van der Waals surface area contributed by atoms with Gasteiger partial charge in [-0.1, -0.05) is 13.3 Å². The third-order valence-electron chi connectivity index (χ3n) is 3.87. The number of anilines is 2. The lowest BCUT2D eigenvalue weighted by molar-refractivity contribution is 0.0526. The van der Waals surface area contributed by atoms with Crippen LogP contribution in [0.4, 0.5) is 11.4 Å². The first kappa shape index (κ1) is 14.7. The van der Waals surface area contributed by atoms with Gasteiger partial charge in [0.15, 0.2) is 0 Å². The van der Waals surface area contributed by atoms with E-state index in [1.54, 1.807) is 12.1 Å². The molecule has 1 saturated heterocycles. The Kier molecular flexibility index (Phi) is 4.88. The van der Waals surface area contributed by atoms with Gasteiger partial charge in [-0.15, -0.1) is 0 Å². The Morgan fingerprint density at radius 2 is 2.25 bits per heavy atom. The molecular formula is C16H24N2O2. The Bertz CT molecular complexity index is 474. The lowest BCUT2D eigenvalue weighted by Crippen LogP contribution is -2.21. The zero-order chi connectivity index (χ0) is 14.5. The average Bonchev–Trinajstić information content (AvgIpc) is 2.88. The number of nitrogens with zero attached hydrogens (tertiary/aromatic N) is 1. The molecule has 1 aliphatic rings. The Hall–Kier alpha value is -1.71. The number of hydrogen-bond acceptors (Lipinski definition) is 4. The third-order valence-corrected chi connectivity index (χ3v) is 3.87. The molecule has 1 aliphatic heterocycles. The first-order valence-corrected chi connectivity index (χ1v) is 7.47. The summed E-state index contributed by atoms with van der Waals surface area (Å²) in [4.78, 5) is 14.1. The monoisotopic (exact) mass is 276 g/mol. The number of carbonyl (C=O) groups excluding carboxylic acids is 1. The summed E-state index contributed by atoms with van der Waals surface area (Å²) < 4.78 is 5.05. The zero-order valence-corrected chi connectivity index (χ0v) is 12.4. The molecule has 1 heterocycles. The van der Waals surface area contributed by atoms with Crippen molar-refractivity contribution in [3.63, 3.8) is 0 Å². The van der Waals surface area contributed by atoms with Crippen molar-refractivity contribution in [1.29, 1.82) is 0 Å². The molecule has 4 nitrogen and oxygen atoms in total. The van der Waals surface area contributed by atoms with E-state index in [4.69, 9.17) is 10.5 Å². The van der Waals surface area contributed by atoms with Gasteiger partial charge in [0.25, 0.3) is 0 Å². The topological polar surface area (TPSA) is 55.6 Å². The molecule has 2 rings (SSSR count). The molecule has 0 aromatic heterocycles. The quantitative estimate of drug-likeness (QED) is 0.663. The van der Waals surface area contributed by atoms with E-state index in [2.05, 4.69) is 11.8 Å². The highest BCUT2D eigenvalue weighted by molar-refractivity contribution is 5.92. The Morgan fingerprint density at radius 1 is 1.45 bits per heavy atom. The number of esters is 1. The fraction of sp³-hybridized carbons (Fsp3) is 0.562. The summed E-state index contributed by atoms with van der Waals surface area (Å²) in [5.74, 6) is 0.462. The largest absolute Gasteiger partial charge is 0.462 e. The van der Waals surface area contributed by atoms with Crippen molar-refractivity contribution in [2.24, 2.45) is 5.92 Å². The third kappa shape index (κ3) is 3.24. The maximum absolute atomic E-state index is 11.8. The van der Waals surface area contributed by atoms with Gasteiger partial charge in [0.1, 0.15) is 0 Å². The highest BCUT2D eigenvalue weighted by Crippen LogP contribution is 2.31. The van der Waals surface area contributed by atoms with E-state index in [0.29, 0.717) is 12.2 Å². The number of nitrogen functional groups attached to an aromatic ring is 1. The second kappa shape index (κ2) is 6.64. The van der Waals surface area contributed by atoms with Gasteiger partial charge in [0.05, 0.1) is 23.5 Å². The molecule has 0 amide bonds. The van der Waals surface area contributed by atoms with E-state index < -0.39 is 0 Å². The van der Waals surface area contributed by atoms with E-state index in [-0.39, 0.29) is 5.97 Å². The van der Waals surface area contributed by atoms with Crippen LogP contribution in [-0.4, -0.2) is 25.7 Å². The summed E-state index contributed by atoms with van der Waals surface area (Å²) in [5, 5.41) is 0. The summed E-state index contributed by atoms with van der Waals surface area (Å²) in [7, 11) is 0. The molecule has 1 unspecified atom stereocenters. The molecule has 4 heteroatoms. The van der Waals surface area contributed by atoms with E-state index >= 15 is 0 Å². The van der Waals surface area contributed by atoms with Crippen LogP contribution in [0.15, 0.2) is 18.2 Å². The first-order valence-electron chi connectivity index (χ1n) is 7.47. The minimum absolute atomic E-state index is 0.280. The molecule has 1 aromatic rings. The van der Waals surface area contributed by atoms with Crippen molar-refractivity contribution in [2.45, 2.75) is 33.1 Å². The standard InChI is InChI=1S/C16H24N2O2/c1-3-5-12-8-9-18(11-12)15-10-13(6-7-14(15)17)16(19)20-4-2/h6-7,10,12H,3-5,8-9,11,17H2,1-2H3. The average molecular weight is 276 g/mol. The molecule has 2 N–H and O–H groups in total. The van der Waals surface area contributed by atoms with Crippen LogP contribution in [-0.2, 0) is 4.74 Å². The number of nitrogens with two attached hydrogens (primary N) is 1. The van der Waals surface area contributed by atoms with Crippen molar-refractivity contribution < 1.29 is 9.53 Å². The van der Waals surface area contributed by atoms with Crippen LogP contribution in [0.3, 0.4) is 0 Å². The highest BCUT2D eigenvalue weighted by Gasteiger charge is 2.24. The van der Waals surface area contributed by atoms with E-state index in [0.717, 1.165) is 30.4 Å². The maximum Gasteiger partial charge on any atom is 0.338 e. The van der Waals surface area contributed by atoms with E-state index in [1.807, 2.05) is 13.0 Å². The van der Waals surface area contributed by atoms with Crippen molar-refractivity contribution in [1.82, 2.24) is 0 Å². The maximum atomic E-state index is 11.8. The summed E-state index contributed by atoms with van der Waals surface area (Å²) in [6.45, 7) is 6.47. The minimum atomic E-state index is -0.280. The van der Waals surface area contributed by atoms with Crippen molar-refractivity contribution in [3.8, 4) is 0 Å². The fourth-order valence-electron chi connectivity index (χ4n) is 2.85. The summed E-state index contributed by atoms with van der Waals surface area (Å²) >= 11 is 0. The molecule has 1 fully saturated rings. The molecule has 1 aromatic carbocycles. The van der Waals surface area contributed by atoms with Crippen LogP contribution in [0.1, 0.15) is 43.5 Å². The normalized spacial score (nSPS) is 18.3. The first-order chi connectivity index (χ1) is 9.65. The van der Waals surface area contributed by atoms with Gasteiger partial charge >= 0.3 is 5.97 Å². The van der Waals surface area contributed by atoms with Crippen LogP contribution in [0.2, 0.25) is 0 Å². The second-order valence-electron chi connectivity index (χ2n) is 5.38. The van der Waals surface area contributed by atoms with Crippen LogP contribution in [0.25, 0.3) is 0 Å². The second-order valence-corrected chi connectivity index (χ2v) is 5.38. The fourth-order valence-corrected chi connectivity index (χ4v) is 2.85. The number of rotatable bonds is 5. The van der Waals surface area contributed by atoms with Crippen molar-refractivity contribution >= 4 is 17.3 Å². The van der Waals surface area contributed by atoms with Crippen LogP contribution >= 0.6 is 0 Å². The Balaban J connectivity index is 2.15. The molecule has 0 radical (unpaired) electrons. The lowest BCUT2D eigenvalue weighted by Gasteiger charge is -2.21. The van der Waals surface area contributed by atoms with Gasteiger partial charge in [-0.3, -0.25) is 0 Å². The molecule has 1 atom stereocenters.